The Labute approximate surface area is 154 Å². The second kappa shape index (κ2) is 9.73. The fourth-order valence-electron chi connectivity index (χ4n) is 2.12. The van der Waals surface area contributed by atoms with Crippen LogP contribution in [0, 0.1) is 0 Å². The number of aliphatic carboxylic acids is 1. The van der Waals surface area contributed by atoms with Gasteiger partial charge in [-0.3, -0.25) is 4.79 Å². The maximum absolute atomic E-state index is 12.3. The Hall–Kier alpha value is -2.65. The number of methoxy groups -OCH3 is 2. The van der Waals surface area contributed by atoms with Gasteiger partial charge in [0.15, 0.2) is 11.5 Å². The highest BCUT2D eigenvalue weighted by Crippen LogP contribution is 2.29. The van der Waals surface area contributed by atoms with Crippen molar-refractivity contribution in [2.24, 2.45) is 0 Å². The summed E-state index contributed by atoms with van der Waals surface area (Å²) in [6.07, 6.45) is 0.170. The summed E-state index contributed by atoms with van der Waals surface area (Å²) in [5.41, 5.74) is 2.78. The van der Waals surface area contributed by atoms with Gasteiger partial charge >= 0.3 is 5.97 Å². The summed E-state index contributed by atoms with van der Waals surface area (Å²) in [6.45, 7) is 0.507. The first-order chi connectivity index (χ1) is 12.5. The second-order valence-corrected chi connectivity index (χ2v) is 6.00. The van der Waals surface area contributed by atoms with Crippen LogP contribution in [0.25, 0.3) is 0 Å². The summed E-state index contributed by atoms with van der Waals surface area (Å²) >= 11 is 1.47. The van der Waals surface area contributed by atoms with E-state index in [4.69, 9.17) is 14.2 Å². The lowest BCUT2D eigenvalue weighted by Crippen LogP contribution is -2.41. The van der Waals surface area contributed by atoms with Crippen LogP contribution in [-0.4, -0.2) is 48.8 Å². The van der Waals surface area contributed by atoms with Gasteiger partial charge in [-0.2, -0.15) is 0 Å². The number of carbonyl (C=O) groups is 2. The molecule has 0 aliphatic heterocycles. The molecular formula is C17H20N2O6S. The highest BCUT2D eigenvalue weighted by atomic mass is 32.1. The summed E-state index contributed by atoms with van der Waals surface area (Å²) in [4.78, 5) is 27.7. The third-order valence-corrected chi connectivity index (χ3v) is 4.13. The van der Waals surface area contributed by atoms with Gasteiger partial charge in [0.2, 0.25) is 0 Å². The molecule has 140 valence electrons. The highest BCUT2D eigenvalue weighted by molar-refractivity contribution is 7.07. The number of aromatic nitrogens is 1. The molecule has 2 aromatic rings. The molecule has 0 bridgehead atoms. The summed E-state index contributed by atoms with van der Waals surface area (Å²) in [7, 11) is 2.93. The molecule has 1 heterocycles. The molecule has 0 radical (unpaired) electrons. The molecule has 0 spiro atoms. The Morgan fingerprint density at radius 3 is 2.73 bits per heavy atom. The average molecular weight is 380 g/mol. The number of amides is 1. The van der Waals surface area contributed by atoms with E-state index in [1.807, 2.05) is 5.38 Å². The normalized spacial score (nSPS) is 11.6. The molecule has 2 rings (SSSR count). The minimum Gasteiger partial charge on any atom is -0.493 e. The van der Waals surface area contributed by atoms with Crippen molar-refractivity contribution < 1.29 is 28.9 Å². The number of benzene rings is 1. The van der Waals surface area contributed by atoms with E-state index in [1.54, 1.807) is 17.6 Å². The van der Waals surface area contributed by atoms with Crippen LogP contribution in [-0.2, 0) is 16.1 Å². The van der Waals surface area contributed by atoms with Crippen LogP contribution < -0.4 is 14.8 Å². The van der Waals surface area contributed by atoms with Crippen molar-refractivity contribution >= 4 is 23.2 Å². The summed E-state index contributed by atoms with van der Waals surface area (Å²) in [5, 5.41) is 13.5. The molecular weight excluding hydrogens is 360 g/mol. The fourth-order valence-corrected chi connectivity index (χ4v) is 2.67. The van der Waals surface area contributed by atoms with Crippen LogP contribution in [0.4, 0.5) is 0 Å². The molecule has 0 aliphatic rings. The molecule has 9 heteroatoms. The number of ether oxygens (including phenoxy) is 3. The van der Waals surface area contributed by atoms with Gasteiger partial charge in [-0.25, -0.2) is 9.78 Å². The first kappa shape index (κ1) is 19.7. The number of hydrogen-bond donors (Lipinski definition) is 2. The van der Waals surface area contributed by atoms with Gasteiger partial charge in [0.05, 0.1) is 18.3 Å². The zero-order chi connectivity index (χ0) is 18.9. The molecule has 1 atom stereocenters. The number of carboxylic acids is 1. The number of carbonyl (C=O) groups excluding carboxylic acids is 1. The predicted molar refractivity (Wildman–Crippen MR) is 94.8 cm³/mol. The van der Waals surface area contributed by atoms with Crippen LogP contribution in [0.3, 0.4) is 0 Å². The number of thiazole rings is 1. The molecule has 0 saturated carbocycles. The van der Waals surface area contributed by atoms with Crippen molar-refractivity contribution in [1.82, 2.24) is 10.3 Å². The standard InChI is InChI=1S/C17H20N2O6S/c1-23-6-5-13(17(21)22)19-16(20)11-3-4-14(15(7-11)24-2)25-8-12-9-26-10-18-12/h3-4,7,9-10,13H,5-6,8H2,1-2H3,(H,19,20)(H,21,22). The Bertz CT molecular complexity index is 735. The van der Waals surface area contributed by atoms with Crippen molar-refractivity contribution in [3.05, 3.63) is 40.3 Å². The van der Waals surface area contributed by atoms with Gasteiger partial charge in [0, 0.05) is 31.1 Å². The number of nitrogens with zero attached hydrogens (tertiary/aromatic N) is 1. The maximum Gasteiger partial charge on any atom is 0.326 e. The van der Waals surface area contributed by atoms with Crippen LogP contribution >= 0.6 is 11.3 Å². The molecule has 0 fully saturated rings. The average Bonchev–Trinajstić information content (AvgIpc) is 3.16. The first-order valence-corrected chi connectivity index (χ1v) is 8.70. The van der Waals surface area contributed by atoms with E-state index in [0.29, 0.717) is 11.5 Å². The van der Waals surface area contributed by atoms with Gasteiger partial charge in [0.1, 0.15) is 12.6 Å². The predicted octanol–water partition coefficient (Wildman–Crippen LogP) is 1.95. The maximum atomic E-state index is 12.3. The molecule has 0 saturated heterocycles. The van der Waals surface area contributed by atoms with E-state index in [0.717, 1.165) is 5.69 Å². The van der Waals surface area contributed by atoms with Gasteiger partial charge in [-0.1, -0.05) is 0 Å². The van der Waals surface area contributed by atoms with E-state index >= 15 is 0 Å². The molecule has 0 aliphatic carbocycles. The largest absolute Gasteiger partial charge is 0.493 e. The number of carboxylic acid groups (broad SMARTS) is 1. The van der Waals surface area contributed by atoms with Crippen molar-refractivity contribution in [2.45, 2.75) is 19.1 Å². The van der Waals surface area contributed by atoms with Crippen molar-refractivity contribution in [2.75, 3.05) is 20.8 Å². The lowest BCUT2D eigenvalue weighted by molar-refractivity contribution is -0.139. The summed E-state index contributed by atoms with van der Waals surface area (Å²) < 4.78 is 15.8. The fraction of sp³-hybridized carbons (Fsp3) is 0.353. The highest BCUT2D eigenvalue weighted by Gasteiger charge is 2.21. The monoisotopic (exact) mass is 380 g/mol. The summed E-state index contributed by atoms with van der Waals surface area (Å²) in [6, 6.07) is 3.61. The third kappa shape index (κ3) is 5.43. The number of rotatable bonds is 10. The first-order valence-electron chi connectivity index (χ1n) is 7.75. The lowest BCUT2D eigenvalue weighted by atomic mass is 10.1. The molecule has 8 nitrogen and oxygen atoms in total. The molecule has 2 N–H and O–H groups in total. The smallest absolute Gasteiger partial charge is 0.326 e. The molecule has 1 amide bonds. The quantitative estimate of drug-likeness (QED) is 0.649. The minimum atomic E-state index is -1.12. The zero-order valence-corrected chi connectivity index (χ0v) is 15.2. The van der Waals surface area contributed by atoms with Gasteiger partial charge in [-0.05, 0) is 18.2 Å². The van der Waals surface area contributed by atoms with Crippen molar-refractivity contribution in [3.63, 3.8) is 0 Å². The zero-order valence-electron chi connectivity index (χ0n) is 14.4. The van der Waals surface area contributed by atoms with Crippen molar-refractivity contribution in [3.8, 4) is 11.5 Å². The Kier molecular flexibility index (Phi) is 7.37. The van der Waals surface area contributed by atoms with Gasteiger partial charge < -0.3 is 24.6 Å². The lowest BCUT2D eigenvalue weighted by Gasteiger charge is -2.15. The SMILES string of the molecule is COCCC(NC(=O)c1ccc(OCc2cscn2)c(OC)c1)C(=O)O. The van der Waals surface area contributed by atoms with Crippen LogP contribution in [0.5, 0.6) is 11.5 Å². The van der Waals surface area contributed by atoms with Crippen LogP contribution in [0.2, 0.25) is 0 Å². The van der Waals surface area contributed by atoms with E-state index in [1.165, 1.54) is 31.6 Å². The van der Waals surface area contributed by atoms with E-state index in [-0.39, 0.29) is 25.2 Å². The Morgan fingerprint density at radius 2 is 2.12 bits per heavy atom. The number of nitrogens with one attached hydrogen (secondary N) is 1. The van der Waals surface area contributed by atoms with Crippen molar-refractivity contribution in [1.29, 1.82) is 0 Å². The topological polar surface area (TPSA) is 107 Å². The molecule has 1 unspecified atom stereocenters. The van der Waals surface area contributed by atoms with E-state index in [2.05, 4.69) is 10.3 Å². The van der Waals surface area contributed by atoms with E-state index in [9.17, 15) is 14.7 Å². The van der Waals surface area contributed by atoms with Gasteiger partial charge in [-0.15, -0.1) is 11.3 Å². The second-order valence-electron chi connectivity index (χ2n) is 5.28. The Balaban J connectivity index is 2.06. The van der Waals surface area contributed by atoms with Crippen LogP contribution in [0.1, 0.15) is 22.5 Å². The van der Waals surface area contributed by atoms with E-state index < -0.39 is 17.9 Å². The molecule has 1 aromatic carbocycles. The Morgan fingerprint density at radius 1 is 1.31 bits per heavy atom. The third-order valence-electron chi connectivity index (χ3n) is 3.50. The summed E-state index contributed by atoms with van der Waals surface area (Å²) in [5.74, 6) is -0.800. The number of hydrogen-bond acceptors (Lipinski definition) is 7. The minimum absolute atomic E-state index is 0.170. The van der Waals surface area contributed by atoms with Crippen LogP contribution in [0.15, 0.2) is 29.1 Å². The molecule has 1 aromatic heterocycles. The van der Waals surface area contributed by atoms with Gasteiger partial charge in [0.25, 0.3) is 5.91 Å². The molecule has 26 heavy (non-hydrogen) atoms.